The molecule has 0 unspecified atom stereocenters. The predicted molar refractivity (Wildman–Crippen MR) is 54.8 cm³/mol. The van der Waals surface area contributed by atoms with Gasteiger partial charge in [-0.1, -0.05) is 13.3 Å². The third-order valence-electron chi connectivity index (χ3n) is 3.02. The molecule has 0 aromatic heterocycles. The lowest BCUT2D eigenvalue weighted by molar-refractivity contribution is -0.125. The van der Waals surface area contributed by atoms with E-state index < -0.39 is 0 Å². The largest absolute Gasteiger partial charge is 0.298 e. The lowest BCUT2D eigenvalue weighted by Gasteiger charge is -2.41. The van der Waals surface area contributed by atoms with Crippen molar-refractivity contribution in [2.75, 3.05) is 13.1 Å². The van der Waals surface area contributed by atoms with Gasteiger partial charge < -0.3 is 0 Å². The molecule has 1 aliphatic heterocycles. The van der Waals surface area contributed by atoms with Gasteiger partial charge in [-0.05, 0) is 33.2 Å². The number of hydrogen-bond donors (Lipinski definition) is 0. The second-order valence-electron chi connectivity index (χ2n) is 4.63. The van der Waals surface area contributed by atoms with Gasteiger partial charge in [-0.15, -0.1) is 0 Å². The van der Waals surface area contributed by atoms with Crippen molar-refractivity contribution >= 4 is 5.78 Å². The Morgan fingerprint density at radius 3 is 2.77 bits per heavy atom. The number of nitrogens with zero attached hydrogens (tertiary/aromatic N) is 1. The van der Waals surface area contributed by atoms with E-state index in [1.54, 1.807) is 0 Å². The lowest BCUT2D eigenvalue weighted by atomic mass is 9.89. The van der Waals surface area contributed by atoms with Gasteiger partial charge in [0.15, 0.2) is 0 Å². The molecule has 1 saturated heterocycles. The molecule has 0 saturated carbocycles. The van der Waals surface area contributed by atoms with Gasteiger partial charge in [-0.25, -0.2) is 0 Å². The van der Waals surface area contributed by atoms with Crippen LogP contribution in [0.5, 0.6) is 0 Å². The van der Waals surface area contributed by atoms with Crippen LogP contribution < -0.4 is 0 Å². The summed E-state index contributed by atoms with van der Waals surface area (Å²) in [4.78, 5) is 13.6. The zero-order valence-electron chi connectivity index (χ0n) is 9.10. The molecule has 1 fully saturated rings. The van der Waals surface area contributed by atoms with Crippen molar-refractivity contribution in [2.45, 2.75) is 52.0 Å². The van der Waals surface area contributed by atoms with Crippen LogP contribution in [0.15, 0.2) is 0 Å². The van der Waals surface area contributed by atoms with E-state index in [4.69, 9.17) is 0 Å². The Hall–Kier alpha value is -0.370. The third-order valence-corrected chi connectivity index (χ3v) is 3.02. The lowest BCUT2D eigenvalue weighted by Crippen LogP contribution is -2.50. The quantitative estimate of drug-likeness (QED) is 0.668. The smallest absolute Gasteiger partial charge is 0.146 e. The van der Waals surface area contributed by atoms with Gasteiger partial charge in [-0.3, -0.25) is 9.69 Å². The average Bonchev–Trinajstić information content (AvgIpc) is 2.07. The second kappa shape index (κ2) is 4.23. The highest BCUT2D eigenvalue weighted by Crippen LogP contribution is 2.25. The molecule has 1 heterocycles. The summed E-state index contributed by atoms with van der Waals surface area (Å²) < 4.78 is 0. The van der Waals surface area contributed by atoms with Crippen LogP contribution in [0, 0.1) is 0 Å². The minimum atomic E-state index is 0.239. The Balaban J connectivity index is 2.50. The highest BCUT2D eigenvalue weighted by molar-refractivity contribution is 5.81. The first kappa shape index (κ1) is 10.7. The minimum absolute atomic E-state index is 0.239. The SMILES string of the molecule is CCCCN1CC(=O)CCC1(C)C. The number of hydrogen-bond acceptors (Lipinski definition) is 2. The summed E-state index contributed by atoms with van der Waals surface area (Å²) in [5.74, 6) is 0.412. The first-order chi connectivity index (χ1) is 6.06. The van der Waals surface area contributed by atoms with Crippen molar-refractivity contribution in [3.05, 3.63) is 0 Å². The second-order valence-corrected chi connectivity index (χ2v) is 4.63. The Morgan fingerprint density at radius 1 is 1.46 bits per heavy atom. The van der Waals surface area contributed by atoms with E-state index in [9.17, 15) is 4.79 Å². The summed E-state index contributed by atoms with van der Waals surface area (Å²) in [7, 11) is 0. The zero-order chi connectivity index (χ0) is 9.90. The van der Waals surface area contributed by atoms with E-state index in [0.717, 1.165) is 19.4 Å². The molecule has 0 atom stereocenters. The number of piperidine rings is 1. The van der Waals surface area contributed by atoms with Crippen molar-refractivity contribution in [3.8, 4) is 0 Å². The molecule has 0 aromatic rings. The molecule has 1 rings (SSSR count). The number of ketones is 1. The first-order valence-corrected chi connectivity index (χ1v) is 5.33. The maximum atomic E-state index is 11.3. The maximum Gasteiger partial charge on any atom is 0.146 e. The minimum Gasteiger partial charge on any atom is -0.298 e. The van der Waals surface area contributed by atoms with Gasteiger partial charge in [0.05, 0.1) is 6.54 Å². The summed E-state index contributed by atoms with van der Waals surface area (Å²) in [6.07, 6.45) is 4.21. The van der Waals surface area contributed by atoms with E-state index >= 15 is 0 Å². The molecule has 0 aromatic carbocycles. The molecule has 13 heavy (non-hydrogen) atoms. The van der Waals surface area contributed by atoms with Crippen LogP contribution in [0.4, 0.5) is 0 Å². The molecule has 0 radical (unpaired) electrons. The summed E-state index contributed by atoms with van der Waals surface area (Å²) >= 11 is 0. The van der Waals surface area contributed by atoms with Crippen LogP contribution in [0.2, 0.25) is 0 Å². The van der Waals surface area contributed by atoms with Crippen molar-refractivity contribution in [2.24, 2.45) is 0 Å². The number of Topliss-reactive ketones (excluding diaryl/α,β-unsaturated/α-hetero) is 1. The number of likely N-dealkylation sites (tertiary alicyclic amines) is 1. The van der Waals surface area contributed by atoms with Crippen LogP contribution in [0.25, 0.3) is 0 Å². The van der Waals surface area contributed by atoms with Crippen LogP contribution >= 0.6 is 0 Å². The number of carbonyl (C=O) groups is 1. The number of carbonyl (C=O) groups excluding carboxylic acids is 1. The molecule has 2 heteroatoms. The van der Waals surface area contributed by atoms with E-state index in [2.05, 4.69) is 25.7 Å². The molecule has 0 bridgehead atoms. The van der Waals surface area contributed by atoms with Crippen molar-refractivity contribution in [3.63, 3.8) is 0 Å². The fraction of sp³-hybridized carbons (Fsp3) is 0.909. The molecule has 1 aliphatic rings. The van der Waals surface area contributed by atoms with Crippen molar-refractivity contribution < 1.29 is 4.79 Å². The number of rotatable bonds is 3. The van der Waals surface area contributed by atoms with Crippen LogP contribution in [0.3, 0.4) is 0 Å². The molecule has 76 valence electrons. The molecule has 0 aliphatic carbocycles. The standard InChI is InChI=1S/C11H21NO/c1-4-5-8-12-9-10(13)6-7-11(12,2)3/h4-9H2,1-3H3. The van der Waals surface area contributed by atoms with Crippen molar-refractivity contribution in [1.29, 1.82) is 0 Å². The fourth-order valence-corrected chi connectivity index (χ4v) is 1.84. The van der Waals surface area contributed by atoms with Crippen molar-refractivity contribution in [1.82, 2.24) is 4.90 Å². The van der Waals surface area contributed by atoms with E-state index in [1.165, 1.54) is 12.8 Å². The maximum absolute atomic E-state index is 11.3. The van der Waals surface area contributed by atoms with Crippen LogP contribution in [0.1, 0.15) is 46.5 Å². The molecular formula is C11H21NO. The highest BCUT2D eigenvalue weighted by Gasteiger charge is 2.32. The normalized spacial score (nSPS) is 23.5. The Labute approximate surface area is 81.3 Å². The molecule has 0 spiro atoms. The monoisotopic (exact) mass is 183 g/mol. The summed E-state index contributed by atoms with van der Waals surface area (Å²) in [6, 6.07) is 0. The van der Waals surface area contributed by atoms with Gasteiger partial charge in [0, 0.05) is 12.0 Å². The van der Waals surface area contributed by atoms with Gasteiger partial charge >= 0.3 is 0 Å². The van der Waals surface area contributed by atoms with Gasteiger partial charge in [0.25, 0.3) is 0 Å². The van der Waals surface area contributed by atoms with Gasteiger partial charge in [0.1, 0.15) is 5.78 Å². The highest BCUT2D eigenvalue weighted by atomic mass is 16.1. The van der Waals surface area contributed by atoms with Crippen LogP contribution in [-0.4, -0.2) is 29.3 Å². The topological polar surface area (TPSA) is 20.3 Å². The molecule has 2 nitrogen and oxygen atoms in total. The fourth-order valence-electron chi connectivity index (χ4n) is 1.84. The molecule has 0 N–H and O–H groups in total. The molecule has 0 amide bonds. The zero-order valence-corrected chi connectivity index (χ0v) is 9.10. The Kier molecular flexibility index (Phi) is 3.48. The van der Waals surface area contributed by atoms with Gasteiger partial charge in [-0.2, -0.15) is 0 Å². The number of unbranched alkanes of at least 4 members (excludes halogenated alkanes) is 1. The predicted octanol–water partition coefficient (Wildman–Crippen LogP) is 2.23. The summed E-state index contributed by atoms with van der Waals surface area (Å²) in [5.41, 5.74) is 0.239. The third kappa shape index (κ3) is 2.80. The summed E-state index contributed by atoms with van der Waals surface area (Å²) in [5, 5.41) is 0. The van der Waals surface area contributed by atoms with Crippen LogP contribution in [-0.2, 0) is 4.79 Å². The first-order valence-electron chi connectivity index (χ1n) is 5.33. The van der Waals surface area contributed by atoms with E-state index in [-0.39, 0.29) is 5.54 Å². The molecular weight excluding hydrogens is 162 g/mol. The average molecular weight is 183 g/mol. The van der Waals surface area contributed by atoms with E-state index in [1.807, 2.05) is 0 Å². The summed E-state index contributed by atoms with van der Waals surface area (Å²) in [6.45, 7) is 8.44. The van der Waals surface area contributed by atoms with Gasteiger partial charge in [0.2, 0.25) is 0 Å². The Morgan fingerprint density at radius 2 is 2.15 bits per heavy atom. The van der Waals surface area contributed by atoms with E-state index in [0.29, 0.717) is 12.3 Å². The Bertz CT molecular complexity index is 187.